The quantitative estimate of drug-likeness (QED) is 0.772. The molecule has 0 aromatic carbocycles. The van der Waals surface area contributed by atoms with E-state index in [2.05, 4.69) is 9.71 Å². The van der Waals surface area contributed by atoms with Gasteiger partial charge in [-0.15, -0.1) is 0 Å². The van der Waals surface area contributed by atoms with Crippen LogP contribution in [0.5, 0.6) is 0 Å². The third-order valence-electron chi connectivity index (χ3n) is 2.38. The Morgan fingerprint density at radius 2 is 2.11 bits per heavy atom. The maximum atomic E-state index is 11.9. The van der Waals surface area contributed by atoms with E-state index in [0.29, 0.717) is 0 Å². The summed E-state index contributed by atoms with van der Waals surface area (Å²) in [6, 6.07) is 2.70. The number of aromatic nitrogens is 1. The number of sulfonamides is 1. The highest BCUT2D eigenvalue weighted by molar-refractivity contribution is 7.89. The number of nitrogens with one attached hydrogen (secondary N) is 1. The Kier molecular flexibility index (Phi) is 4.31. The van der Waals surface area contributed by atoms with Crippen molar-refractivity contribution in [2.45, 2.75) is 18.7 Å². The molecule has 0 aliphatic carbocycles. The van der Waals surface area contributed by atoms with Crippen molar-refractivity contribution < 1.29 is 13.2 Å². The molecule has 8 heteroatoms. The fourth-order valence-electron chi connectivity index (χ4n) is 0.967. The second-order valence-corrected chi connectivity index (χ2v) is 6.54. The fraction of sp³-hybridized carbons (Fsp3) is 0.400. The summed E-state index contributed by atoms with van der Waals surface area (Å²) in [4.78, 5) is 14.7. The van der Waals surface area contributed by atoms with Crippen molar-refractivity contribution in [2.75, 3.05) is 6.54 Å². The normalized spacial score (nSPS) is 12.4. The van der Waals surface area contributed by atoms with E-state index in [1.54, 1.807) is 13.8 Å². The smallest absolute Gasteiger partial charge is 0.242 e. The van der Waals surface area contributed by atoms with Gasteiger partial charge in [-0.2, -0.15) is 0 Å². The van der Waals surface area contributed by atoms with Crippen molar-refractivity contribution in [3.63, 3.8) is 0 Å². The molecular weight excluding hydrogens is 278 g/mol. The Labute approximate surface area is 111 Å². The first kappa shape index (κ1) is 14.9. The number of pyridine rings is 1. The van der Waals surface area contributed by atoms with Gasteiger partial charge in [0.1, 0.15) is 10.0 Å². The van der Waals surface area contributed by atoms with Gasteiger partial charge in [0.2, 0.25) is 15.9 Å². The van der Waals surface area contributed by atoms with Gasteiger partial charge >= 0.3 is 0 Å². The average Bonchev–Trinajstić information content (AvgIpc) is 2.27. The SMILES string of the molecule is CC(C)(CNS(=O)(=O)c1ccc(Cl)nc1)C(N)=O. The second-order valence-electron chi connectivity index (χ2n) is 4.39. The van der Waals surface area contributed by atoms with Crippen LogP contribution in [-0.4, -0.2) is 25.9 Å². The van der Waals surface area contributed by atoms with E-state index in [-0.39, 0.29) is 16.6 Å². The van der Waals surface area contributed by atoms with Crippen LogP contribution < -0.4 is 10.5 Å². The molecule has 0 atom stereocenters. The fourth-order valence-corrected chi connectivity index (χ4v) is 2.24. The van der Waals surface area contributed by atoms with E-state index >= 15 is 0 Å². The lowest BCUT2D eigenvalue weighted by Gasteiger charge is -2.20. The predicted molar refractivity (Wildman–Crippen MR) is 67.4 cm³/mol. The van der Waals surface area contributed by atoms with E-state index in [0.717, 1.165) is 6.20 Å². The maximum absolute atomic E-state index is 11.9. The topological polar surface area (TPSA) is 102 Å². The largest absolute Gasteiger partial charge is 0.369 e. The molecule has 1 aromatic rings. The maximum Gasteiger partial charge on any atom is 0.242 e. The molecule has 1 rings (SSSR count). The Balaban J connectivity index is 2.84. The Hall–Kier alpha value is -1.18. The van der Waals surface area contributed by atoms with Gasteiger partial charge in [-0.1, -0.05) is 11.6 Å². The summed E-state index contributed by atoms with van der Waals surface area (Å²) in [7, 11) is -3.72. The molecule has 0 aliphatic rings. The first-order valence-electron chi connectivity index (χ1n) is 5.06. The Bertz CT molecular complexity index is 540. The van der Waals surface area contributed by atoms with Gasteiger partial charge in [0, 0.05) is 12.7 Å². The zero-order valence-corrected chi connectivity index (χ0v) is 11.5. The summed E-state index contributed by atoms with van der Waals surface area (Å²) < 4.78 is 26.0. The van der Waals surface area contributed by atoms with Crippen LogP contribution in [0, 0.1) is 5.41 Å². The molecule has 1 aromatic heterocycles. The van der Waals surface area contributed by atoms with Crippen LogP contribution in [0.3, 0.4) is 0 Å². The number of nitrogens with zero attached hydrogens (tertiary/aromatic N) is 1. The van der Waals surface area contributed by atoms with Crippen molar-refractivity contribution in [1.29, 1.82) is 0 Å². The molecule has 18 heavy (non-hydrogen) atoms. The third-order valence-corrected chi connectivity index (χ3v) is 3.99. The molecular formula is C10H14ClN3O3S. The minimum absolute atomic E-state index is 0.0211. The van der Waals surface area contributed by atoms with E-state index in [9.17, 15) is 13.2 Å². The second kappa shape index (κ2) is 5.21. The van der Waals surface area contributed by atoms with E-state index in [4.69, 9.17) is 17.3 Å². The average molecular weight is 292 g/mol. The molecule has 0 unspecified atom stereocenters. The molecule has 1 heterocycles. The van der Waals surface area contributed by atoms with Crippen molar-refractivity contribution in [1.82, 2.24) is 9.71 Å². The standard InChI is InChI=1S/C10H14ClN3O3S/c1-10(2,9(12)15)6-14-18(16,17)7-3-4-8(11)13-5-7/h3-5,14H,6H2,1-2H3,(H2,12,15). The monoisotopic (exact) mass is 291 g/mol. The number of hydrogen-bond acceptors (Lipinski definition) is 4. The van der Waals surface area contributed by atoms with Gasteiger partial charge in [-0.05, 0) is 26.0 Å². The Morgan fingerprint density at radius 3 is 2.56 bits per heavy atom. The van der Waals surface area contributed by atoms with Crippen LogP contribution in [0.1, 0.15) is 13.8 Å². The molecule has 0 aliphatic heterocycles. The first-order chi connectivity index (χ1) is 8.15. The predicted octanol–water partition coefficient (Wildman–Crippen LogP) is 0.525. The van der Waals surface area contributed by atoms with Crippen LogP contribution in [0.2, 0.25) is 5.15 Å². The molecule has 100 valence electrons. The van der Waals surface area contributed by atoms with Crippen LogP contribution in [0.4, 0.5) is 0 Å². The van der Waals surface area contributed by atoms with Gasteiger partial charge < -0.3 is 5.73 Å². The van der Waals surface area contributed by atoms with Crippen molar-refractivity contribution in [3.05, 3.63) is 23.5 Å². The third kappa shape index (κ3) is 3.66. The number of rotatable bonds is 5. The summed E-state index contributed by atoms with van der Waals surface area (Å²) in [5.41, 5.74) is 4.19. The molecule has 3 N–H and O–H groups in total. The number of primary amides is 1. The van der Waals surface area contributed by atoms with Gasteiger partial charge in [0.15, 0.2) is 0 Å². The molecule has 1 amide bonds. The van der Waals surface area contributed by atoms with Gasteiger partial charge in [0.25, 0.3) is 0 Å². The molecule has 0 saturated heterocycles. The van der Waals surface area contributed by atoms with Gasteiger partial charge in [-0.3, -0.25) is 4.79 Å². The van der Waals surface area contributed by atoms with Crippen LogP contribution in [0.15, 0.2) is 23.2 Å². The molecule has 0 bridgehead atoms. The van der Waals surface area contributed by atoms with Crippen molar-refractivity contribution >= 4 is 27.5 Å². The van der Waals surface area contributed by atoms with E-state index in [1.165, 1.54) is 12.1 Å². The lowest BCUT2D eigenvalue weighted by atomic mass is 9.93. The summed E-state index contributed by atoms with van der Waals surface area (Å²) in [6.07, 6.45) is 1.14. The number of halogens is 1. The van der Waals surface area contributed by atoms with Crippen LogP contribution in [-0.2, 0) is 14.8 Å². The number of nitrogens with two attached hydrogens (primary N) is 1. The van der Waals surface area contributed by atoms with Crippen molar-refractivity contribution in [3.8, 4) is 0 Å². The lowest BCUT2D eigenvalue weighted by molar-refractivity contribution is -0.125. The summed E-state index contributed by atoms with van der Waals surface area (Å²) in [5.74, 6) is -0.584. The molecule has 0 radical (unpaired) electrons. The van der Waals surface area contributed by atoms with Crippen LogP contribution in [0.25, 0.3) is 0 Å². The summed E-state index contributed by atoms with van der Waals surface area (Å²) in [5, 5.41) is 0.200. The summed E-state index contributed by atoms with van der Waals surface area (Å²) in [6.45, 7) is 3.02. The van der Waals surface area contributed by atoms with E-state index < -0.39 is 21.3 Å². The molecule has 0 saturated carbocycles. The lowest BCUT2D eigenvalue weighted by Crippen LogP contribution is -2.42. The van der Waals surface area contributed by atoms with Gasteiger partial charge in [-0.25, -0.2) is 18.1 Å². The number of carbonyl (C=O) groups is 1. The number of carbonyl (C=O) groups excluding carboxylic acids is 1. The van der Waals surface area contributed by atoms with Crippen LogP contribution >= 0.6 is 11.6 Å². The zero-order chi connectivity index (χ0) is 14.0. The molecule has 0 spiro atoms. The number of amides is 1. The minimum atomic E-state index is -3.72. The number of hydrogen-bond donors (Lipinski definition) is 2. The highest BCUT2D eigenvalue weighted by Gasteiger charge is 2.27. The minimum Gasteiger partial charge on any atom is -0.369 e. The highest BCUT2D eigenvalue weighted by Crippen LogP contribution is 2.15. The highest BCUT2D eigenvalue weighted by atomic mass is 35.5. The summed E-state index contributed by atoms with van der Waals surface area (Å²) >= 11 is 5.57. The van der Waals surface area contributed by atoms with Gasteiger partial charge in [0.05, 0.1) is 5.41 Å². The zero-order valence-electron chi connectivity index (χ0n) is 9.97. The Morgan fingerprint density at radius 1 is 1.50 bits per heavy atom. The van der Waals surface area contributed by atoms with Crippen molar-refractivity contribution in [2.24, 2.45) is 11.1 Å². The first-order valence-corrected chi connectivity index (χ1v) is 6.92. The molecule has 0 fully saturated rings. The van der Waals surface area contributed by atoms with E-state index in [1.807, 2.05) is 0 Å². The molecule has 6 nitrogen and oxygen atoms in total.